The minimum atomic E-state index is -3.83. The summed E-state index contributed by atoms with van der Waals surface area (Å²) < 4.78 is 27.7. The molecule has 7 heteroatoms. The molecule has 2 rings (SSSR count). The third-order valence-corrected chi connectivity index (χ3v) is 4.63. The highest BCUT2D eigenvalue weighted by molar-refractivity contribution is 8.13. The number of rotatable bonds is 4. The van der Waals surface area contributed by atoms with Crippen LogP contribution in [0.4, 0.5) is 0 Å². The lowest BCUT2D eigenvalue weighted by Crippen LogP contribution is -2.35. The SMILES string of the molecule is COCC1=CCN(C(=O)c2cccc(S(=O)(=O)Cl)c2)CC1. The van der Waals surface area contributed by atoms with Crippen molar-refractivity contribution in [2.45, 2.75) is 11.3 Å². The molecule has 0 saturated carbocycles. The van der Waals surface area contributed by atoms with Crippen molar-refractivity contribution >= 4 is 25.6 Å². The Morgan fingerprint density at radius 2 is 2.19 bits per heavy atom. The lowest BCUT2D eigenvalue weighted by atomic mass is 10.1. The van der Waals surface area contributed by atoms with E-state index in [0.717, 1.165) is 6.42 Å². The number of ether oxygens (including phenoxy) is 1. The van der Waals surface area contributed by atoms with Crippen molar-refractivity contribution < 1.29 is 17.9 Å². The van der Waals surface area contributed by atoms with Crippen LogP contribution < -0.4 is 0 Å². The number of methoxy groups -OCH3 is 1. The number of carbonyl (C=O) groups is 1. The Morgan fingerprint density at radius 3 is 2.76 bits per heavy atom. The molecule has 0 radical (unpaired) electrons. The van der Waals surface area contributed by atoms with Gasteiger partial charge in [0.25, 0.3) is 15.0 Å². The van der Waals surface area contributed by atoms with Crippen molar-refractivity contribution in [3.63, 3.8) is 0 Å². The topological polar surface area (TPSA) is 63.7 Å². The van der Waals surface area contributed by atoms with Crippen LogP contribution in [0.15, 0.2) is 40.8 Å². The summed E-state index contributed by atoms with van der Waals surface area (Å²) in [5, 5.41) is 0. The fourth-order valence-corrected chi connectivity index (χ4v) is 2.97. The van der Waals surface area contributed by atoms with Crippen molar-refractivity contribution in [1.29, 1.82) is 0 Å². The number of hydrogen-bond donors (Lipinski definition) is 0. The number of nitrogens with zero attached hydrogens (tertiary/aromatic N) is 1. The lowest BCUT2D eigenvalue weighted by Gasteiger charge is -2.26. The summed E-state index contributed by atoms with van der Waals surface area (Å²) in [6, 6.07) is 5.77. The van der Waals surface area contributed by atoms with Crippen molar-refractivity contribution in [2.24, 2.45) is 0 Å². The zero-order valence-corrected chi connectivity index (χ0v) is 13.2. The molecule has 1 amide bonds. The van der Waals surface area contributed by atoms with E-state index in [9.17, 15) is 13.2 Å². The van der Waals surface area contributed by atoms with Crippen molar-refractivity contribution in [2.75, 3.05) is 26.8 Å². The van der Waals surface area contributed by atoms with Crippen LogP contribution in [0.1, 0.15) is 16.8 Å². The molecule has 114 valence electrons. The summed E-state index contributed by atoms with van der Waals surface area (Å²) in [4.78, 5) is 14.0. The van der Waals surface area contributed by atoms with Gasteiger partial charge in [-0.1, -0.05) is 12.1 Å². The Labute approximate surface area is 128 Å². The predicted molar refractivity (Wildman–Crippen MR) is 80.0 cm³/mol. The van der Waals surface area contributed by atoms with Gasteiger partial charge in [-0.3, -0.25) is 4.79 Å². The summed E-state index contributed by atoms with van der Waals surface area (Å²) in [7, 11) is 3.10. The average Bonchev–Trinajstić information content (AvgIpc) is 2.47. The molecule has 0 saturated heterocycles. The van der Waals surface area contributed by atoms with Crippen LogP contribution in [0, 0.1) is 0 Å². The van der Waals surface area contributed by atoms with Gasteiger partial charge >= 0.3 is 0 Å². The van der Waals surface area contributed by atoms with Gasteiger partial charge in [0.05, 0.1) is 11.5 Å². The normalized spacial score (nSPS) is 15.7. The van der Waals surface area contributed by atoms with E-state index < -0.39 is 9.05 Å². The van der Waals surface area contributed by atoms with Crippen LogP contribution in [0.3, 0.4) is 0 Å². The molecule has 1 aliphatic rings. The third-order valence-electron chi connectivity index (χ3n) is 3.28. The quantitative estimate of drug-likeness (QED) is 0.626. The molecule has 0 spiro atoms. The minimum absolute atomic E-state index is 0.0670. The van der Waals surface area contributed by atoms with Gasteiger partial charge in [-0.2, -0.15) is 0 Å². The molecular formula is C14H16ClNO4S. The number of hydrogen-bond acceptors (Lipinski definition) is 4. The van der Waals surface area contributed by atoms with Crippen molar-refractivity contribution in [1.82, 2.24) is 4.90 Å². The average molecular weight is 330 g/mol. The van der Waals surface area contributed by atoms with E-state index in [-0.39, 0.29) is 10.8 Å². The maximum absolute atomic E-state index is 12.4. The van der Waals surface area contributed by atoms with Gasteiger partial charge in [-0.05, 0) is 30.2 Å². The van der Waals surface area contributed by atoms with Gasteiger partial charge in [0.15, 0.2) is 0 Å². The molecule has 0 aliphatic carbocycles. The molecule has 5 nitrogen and oxygen atoms in total. The second-order valence-corrected chi connectivity index (χ2v) is 7.33. The molecular weight excluding hydrogens is 314 g/mol. The molecule has 0 aromatic heterocycles. The first kappa shape index (κ1) is 16.0. The van der Waals surface area contributed by atoms with E-state index in [0.29, 0.717) is 25.3 Å². The smallest absolute Gasteiger partial charge is 0.261 e. The summed E-state index contributed by atoms with van der Waals surface area (Å²) in [5.74, 6) is -0.204. The van der Waals surface area contributed by atoms with Gasteiger partial charge in [0, 0.05) is 36.4 Å². The fraction of sp³-hybridized carbons (Fsp3) is 0.357. The minimum Gasteiger partial charge on any atom is -0.380 e. The molecule has 0 fully saturated rings. The standard InChI is InChI=1S/C14H16ClNO4S/c1-20-10-11-5-7-16(8-6-11)14(17)12-3-2-4-13(9-12)21(15,18)19/h2-5,9H,6-8,10H2,1H3. The second kappa shape index (κ2) is 6.60. The van der Waals surface area contributed by atoms with Gasteiger partial charge in [0.1, 0.15) is 0 Å². The van der Waals surface area contributed by atoms with Gasteiger partial charge < -0.3 is 9.64 Å². The molecule has 0 atom stereocenters. The van der Waals surface area contributed by atoms with Crippen LogP contribution in [-0.2, 0) is 13.8 Å². The van der Waals surface area contributed by atoms with Gasteiger partial charge in [-0.15, -0.1) is 0 Å². The number of benzene rings is 1. The number of halogens is 1. The first-order chi connectivity index (χ1) is 9.91. The second-order valence-electron chi connectivity index (χ2n) is 4.76. The highest BCUT2D eigenvalue weighted by atomic mass is 35.7. The maximum atomic E-state index is 12.4. The van der Waals surface area contributed by atoms with Crippen molar-refractivity contribution in [3.8, 4) is 0 Å². The molecule has 1 aliphatic heterocycles. The lowest BCUT2D eigenvalue weighted by molar-refractivity contribution is 0.0764. The van der Waals surface area contributed by atoms with Crippen LogP contribution in [0.2, 0.25) is 0 Å². The van der Waals surface area contributed by atoms with Crippen molar-refractivity contribution in [3.05, 3.63) is 41.5 Å². The summed E-state index contributed by atoms with van der Waals surface area (Å²) in [6.07, 6.45) is 2.72. The maximum Gasteiger partial charge on any atom is 0.261 e. The number of amides is 1. The Hall–Kier alpha value is -1.37. The fourth-order valence-electron chi connectivity index (χ4n) is 2.18. The monoisotopic (exact) mass is 329 g/mol. The van der Waals surface area contributed by atoms with E-state index in [1.807, 2.05) is 6.08 Å². The molecule has 0 unspecified atom stereocenters. The highest BCUT2D eigenvalue weighted by Gasteiger charge is 2.20. The van der Waals surface area contributed by atoms with Crippen LogP contribution >= 0.6 is 10.7 Å². The van der Waals surface area contributed by atoms with E-state index >= 15 is 0 Å². The van der Waals surface area contributed by atoms with Crippen LogP contribution in [0.25, 0.3) is 0 Å². The molecule has 21 heavy (non-hydrogen) atoms. The van der Waals surface area contributed by atoms with E-state index in [4.69, 9.17) is 15.4 Å². The van der Waals surface area contributed by atoms with E-state index in [1.54, 1.807) is 18.1 Å². The Kier molecular flexibility index (Phi) is 5.03. The van der Waals surface area contributed by atoms with E-state index in [1.165, 1.54) is 23.8 Å². The predicted octanol–water partition coefficient (Wildman–Crippen LogP) is 2.03. The third kappa shape index (κ3) is 4.06. The zero-order chi connectivity index (χ0) is 15.5. The molecule has 1 aromatic carbocycles. The molecule has 1 heterocycles. The summed E-state index contributed by atoms with van der Waals surface area (Å²) in [6.45, 7) is 1.66. The Morgan fingerprint density at radius 1 is 1.43 bits per heavy atom. The molecule has 0 bridgehead atoms. The first-order valence-corrected chi connectivity index (χ1v) is 8.73. The van der Waals surface area contributed by atoms with E-state index in [2.05, 4.69) is 0 Å². The first-order valence-electron chi connectivity index (χ1n) is 6.42. The molecule has 0 N–H and O–H groups in total. The number of carbonyl (C=O) groups excluding carboxylic acids is 1. The summed E-state index contributed by atoms with van der Waals surface area (Å²) >= 11 is 0. The molecule has 1 aromatic rings. The zero-order valence-electron chi connectivity index (χ0n) is 11.6. The Balaban J connectivity index is 2.15. The largest absolute Gasteiger partial charge is 0.380 e. The van der Waals surface area contributed by atoms with Crippen LogP contribution in [-0.4, -0.2) is 46.0 Å². The summed E-state index contributed by atoms with van der Waals surface area (Å²) in [5.41, 5.74) is 1.49. The van der Waals surface area contributed by atoms with Gasteiger partial charge in [0.2, 0.25) is 0 Å². The highest BCUT2D eigenvalue weighted by Crippen LogP contribution is 2.19. The van der Waals surface area contributed by atoms with Gasteiger partial charge in [-0.25, -0.2) is 8.42 Å². The van der Waals surface area contributed by atoms with Crippen LogP contribution in [0.5, 0.6) is 0 Å². The Bertz CT molecular complexity index is 669.